The van der Waals surface area contributed by atoms with Gasteiger partial charge in [-0.1, -0.05) is 48.6 Å². The molecule has 3 rings (SSSR count). The van der Waals surface area contributed by atoms with Crippen molar-refractivity contribution in [1.29, 1.82) is 0 Å². The fourth-order valence-electron chi connectivity index (χ4n) is 2.42. The molecule has 0 saturated carbocycles. The number of rotatable bonds is 6. The van der Waals surface area contributed by atoms with Gasteiger partial charge in [0.1, 0.15) is 5.82 Å². The molecule has 3 aromatic rings. The molecule has 0 aromatic heterocycles. The Morgan fingerprint density at radius 3 is 1.92 bits per heavy atom. The smallest absolute Gasteiger partial charge is 0.269 e. The van der Waals surface area contributed by atoms with E-state index in [1.165, 1.54) is 24.3 Å². The second-order valence-corrected chi connectivity index (χ2v) is 5.78. The van der Waals surface area contributed by atoms with E-state index in [0.717, 1.165) is 22.4 Å². The molecule has 0 radical (unpaired) electrons. The largest absolute Gasteiger partial charge is 0.381 e. The molecule has 0 aliphatic rings. The number of hydrogen-bond donors (Lipinski definition) is 1. The second kappa shape index (κ2) is 8.07. The van der Waals surface area contributed by atoms with Crippen LogP contribution in [0.1, 0.15) is 16.7 Å². The van der Waals surface area contributed by atoms with Gasteiger partial charge in [0, 0.05) is 24.4 Å². The number of nitrogens with zero attached hydrogens (tertiary/aromatic N) is 1. The maximum Gasteiger partial charge on any atom is 0.269 e. The second-order valence-electron chi connectivity index (χ2n) is 5.78. The molecule has 4 nitrogen and oxygen atoms in total. The van der Waals surface area contributed by atoms with Crippen LogP contribution < -0.4 is 5.32 Å². The number of nitrogens with one attached hydrogen (secondary N) is 1. The number of non-ortho nitro benzene ring substituents is 1. The summed E-state index contributed by atoms with van der Waals surface area (Å²) in [6.45, 7) is 0.586. The van der Waals surface area contributed by atoms with E-state index in [4.69, 9.17) is 0 Å². The van der Waals surface area contributed by atoms with E-state index in [0.29, 0.717) is 6.54 Å². The van der Waals surface area contributed by atoms with Crippen LogP contribution in [-0.2, 0) is 6.54 Å². The summed E-state index contributed by atoms with van der Waals surface area (Å²) < 4.78 is 12.9. The number of nitro benzene ring substituents is 1. The lowest BCUT2D eigenvalue weighted by atomic mass is 10.1. The van der Waals surface area contributed by atoms with Crippen LogP contribution in [0.5, 0.6) is 0 Å². The molecule has 0 aliphatic carbocycles. The van der Waals surface area contributed by atoms with Gasteiger partial charge in [-0.15, -0.1) is 0 Å². The number of nitro groups is 1. The monoisotopic (exact) mass is 348 g/mol. The van der Waals surface area contributed by atoms with Gasteiger partial charge in [0.25, 0.3) is 5.69 Å². The summed E-state index contributed by atoms with van der Waals surface area (Å²) in [5, 5.41) is 13.9. The SMILES string of the molecule is O=[N+]([O-])c1ccc(CNc2ccc(/C=C/c3ccc(F)cc3)cc2)cc1. The third-order valence-electron chi connectivity index (χ3n) is 3.89. The Labute approximate surface area is 150 Å². The normalized spacial score (nSPS) is 10.8. The van der Waals surface area contributed by atoms with Crippen molar-refractivity contribution in [2.75, 3.05) is 5.32 Å². The van der Waals surface area contributed by atoms with Gasteiger partial charge >= 0.3 is 0 Å². The predicted molar refractivity (Wildman–Crippen MR) is 102 cm³/mol. The minimum absolute atomic E-state index is 0.0889. The van der Waals surface area contributed by atoms with Crippen LogP contribution >= 0.6 is 0 Å². The van der Waals surface area contributed by atoms with Crippen molar-refractivity contribution in [2.45, 2.75) is 6.54 Å². The van der Waals surface area contributed by atoms with E-state index in [1.54, 1.807) is 24.3 Å². The zero-order valence-corrected chi connectivity index (χ0v) is 13.9. The van der Waals surface area contributed by atoms with Gasteiger partial charge in [0.2, 0.25) is 0 Å². The number of benzene rings is 3. The molecular weight excluding hydrogens is 331 g/mol. The summed E-state index contributed by atoms with van der Waals surface area (Å²) in [6.07, 6.45) is 3.89. The van der Waals surface area contributed by atoms with Gasteiger partial charge in [-0.3, -0.25) is 10.1 Å². The van der Waals surface area contributed by atoms with Crippen molar-refractivity contribution in [2.24, 2.45) is 0 Å². The van der Waals surface area contributed by atoms with Crippen LogP contribution in [0.15, 0.2) is 72.8 Å². The number of halogens is 1. The topological polar surface area (TPSA) is 55.2 Å². The van der Waals surface area contributed by atoms with Gasteiger partial charge in [-0.05, 0) is 41.0 Å². The van der Waals surface area contributed by atoms with Crippen molar-refractivity contribution in [3.8, 4) is 0 Å². The van der Waals surface area contributed by atoms with Gasteiger partial charge in [-0.25, -0.2) is 4.39 Å². The summed E-state index contributed by atoms with van der Waals surface area (Å²) in [7, 11) is 0. The zero-order chi connectivity index (χ0) is 18.4. The molecule has 3 aromatic carbocycles. The molecule has 26 heavy (non-hydrogen) atoms. The molecule has 0 fully saturated rings. The Bertz CT molecular complexity index is 902. The van der Waals surface area contributed by atoms with Gasteiger partial charge in [0.15, 0.2) is 0 Å². The first-order valence-electron chi connectivity index (χ1n) is 8.11. The van der Waals surface area contributed by atoms with E-state index >= 15 is 0 Å². The average Bonchev–Trinajstić information content (AvgIpc) is 2.67. The first kappa shape index (κ1) is 17.4. The van der Waals surface area contributed by atoms with E-state index in [2.05, 4.69) is 5.32 Å². The van der Waals surface area contributed by atoms with E-state index in [-0.39, 0.29) is 11.5 Å². The Balaban J connectivity index is 1.57. The third-order valence-corrected chi connectivity index (χ3v) is 3.89. The van der Waals surface area contributed by atoms with Crippen LogP contribution in [0.2, 0.25) is 0 Å². The van der Waals surface area contributed by atoms with Crippen LogP contribution in [0.25, 0.3) is 12.2 Å². The first-order valence-corrected chi connectivity index (χ1v) is 8.11. The lowest BCUT2D eigenvalue weighted by molar-refractivity contribution is -0.384. The van der Waals surface area contributed by atoms with E-state index in [9.17, 15) is 14.5 Å². The van der Waals surface area contributed by atoms with Crippen LogP contribution in [0, 0.1) is 15.9 Å². The maximum absolute atomic E-state index is 12.9. The fourth-order valence-corrected chi connectivity index (χ4v) is 2.42. The summed E-state index contributed by atoms with van der Waals surface area (Å²) in [5.74, 6) is -0.245. The minimum atomic E-state index is -0.407. The van der Waals surface area contributed by atoms with Crippen LogP contribution in [0.4, 0.5) is 15.8 Å². The molecular formula is C21H17FN2O2. The Kier molecular flexibility index (Phi) is 5.39. The van der Waals surface area contributed by atoms with Crippen molar-refractivity contribution in [1.82, 2.24) is 0 Å². The molecule has 0 atom stereocenters. The fraction of sp³-hybridized carbons (Fsp3) is 0.0476. The molecule has 0 saturated heterocycles. The van der Waals surface area contributed by atoms with Gasteiger partial charge < -0.3 is 5.32 Å². The predicted octanol–water partition coefficient (Wildman–Crippen LogP) is 5.52. The highest BCUT2D eigenvalue weighted by atomic mass is 19.1. The molecule has 0 aliphatic heterocycles. The summed E-state index contributed by atoms with van der Waals surface area (Å²) in [4.78, 5) is 10.2. The highest BCUT2D eigenvalue weighted by molar-refractivity contribution is 5.70. The van der Waals surface area contributed by atoms with Crippen molar-refractivity contribution < 1.29 is 9.31 Å². The first-order chi connectivity index (χ1) is 12.6. The van der Waals surface area contributed by atoms with Gasteiger partial charge in [-0.2, -0.15) is 0 Å². The summed E-state index contributed by atoms with van der Waals surface area (Å²) in [5.41, 5.74) is 3.99. The van der Waals surface area contributed by atoms with Crippen LogP contribution in [-0.4, -0.2) is 4.92 Å². The molecule has 0 heterocycles. The average molecular weight is 348 g/mol. The zero-order valence-electron chi connectivity index (χ0n) is 13.9. The summed E-state index contributed by atoms with van der Waals surface area (Å²) >= 11 is 0. The van der Waals surface area contributed by atoms with Crippen LogP contribution in [0.3, 0.4) is 0 Å². The lowest BCUT2D eigenvalue weighted by Gasteiger charge is -2.07. The van der Waals surface area contributed by atoms with Crippen molar-refractivity contribution in [3.05, 3.63) is 105 Å². The molecule has 0 amide bonds. The molecule has 0 spiro atoms. The van der Waals surface area contributed by atoms with E-state index < -0.39 is 4.92 Å². The lowest BCUT2D eigenvalue weighted by Crippen LogP contribution is -1.99. The number of hydrogen-bond acceptors (Lipinski definition) is 3. The van der Waals surface area contributed by atoms with Crippen molar-refractivity contribution in [3.63, 3.8) is 0 Å². The number of anilines is 1. The standard InChI is InChI=1S/C21H17FN2O2/c22-19-9-3-16(4-10-19)1-2-17-5-11-20(12-6-17)23-15-18-7-13-21(14-8-18)24(25)26/h1-14,23H,15H2/b2-1+. The Hall–Kier alpha value is -3.47. The van der Waals surface area contributed by atoms with E-state index in [1.807, 2.05) is 36.4 Å². The molecule has 0 unspecified atom stereocenters. The molecule has 5 heteroatoms. The van der Waals surface area contributed by atoms with Gasteiger partial charge in [0.05, 0.1) is 4.92 Å². The summed E-state index contributed by atoms with van der Waals surface area (Å²) in [6, 6.07) is 20.7. The molecule has 0 bridgehead atoms. The Morgan fingerprint density at radius 1 is 0.846 bits per heavy atom. The van der Waals surface area contributed by atoms with Crippen molar-refractivity contribution >= 4 is 23.5 Å². The highest BCUT2D eigenvalue weighted by Crippen LogP contribution is 2.16. The maximum atomic E-state index is 12.9. The highest BCUT2D eigenvalue weighted by Gasteiger charge is 2.03. The minimum Gasteiger partial charge on any atom is -0.381 e. The quantitative estimate of drug-likeness (QED) is 0.363. The molecule has 130 valence electrons. The Morgan fingerprint density at radius 2 is 1.38 bits per heavy atom. The molecule has 1 N–H and O–H groups in total. The third kappa shape index (κ3) is 4.77.